The van der Waals surface area contributed by atoms with Gasteiger partial charge in [-0.3, -0.25) is 4.90 Å². The molecule has 0 aliphatic carbocycles. The lowest BCUT2D eigenvalue weighted by atomic mass is 10.0. The molecular weight excluding hydrogens is 300 g/mol. The summed E-state index contributed by atoms with van der Waals surface area (Å²) >= 11 is 0. The molecule has 0 radical (unpaired) electrons. The van der Waals surface area contributed by atoms with Gasteiger partial charge in [-0.05, 0) is 45.0 Å². The van der Waals surface area contributed by atoms with Crippen LogP contribution in [-0.2, 0) is 0 Å². The van der Waals surface area contributed by atoms with E-state index in [2.05, 4.69) is 31.0 Å². The van der Waals surface area contributed by atoms with Crippen molar-refractivity contribution in [2.24, 2.45) is 0 Å². The van der Waals surface area contributed by atoms with E-state index in [0.29, 0.717) is 6.54 Å². The van der Waals surface area contributed by atoms with Crippen LogP contribution in [0.4, 0.5) is 10.5 Å². The largest absolute Gasteiger partial charge is 0.465 e. The van der Waals surface area contributed by atoms with E-state index in [4.69, 9.17) is 0 Å². The highest BCUT2D eigenvalue weighted by Gasteiger charge is 2.27. The molecule has 0 aromatic heterocycles. The summed E-state index contributed by atoms with van der Waals surface area (Å²) in [5, 5.41) is 9.81. The van der Waals surface area contributed by atoms with Crippen LogP contribution >= 0.6 is 0 Å². The number of anilines is 1. The summed E-state index contributed by atoms with van der Waals surface area (Å²) in [6.07, 6.45) is 1.29. The maximum Gasteiger partial charge on any atom is 0.411 e. The lowest BCUT2D eigenvalue weighted by Crippen LogP contribution is -2.41. The van der Waals surface area contributed by atoms with Gasteiger partial charge in [0.15, 0.2) is 0 Å². The molecule has 0 spiro atoms. The van der Waals surface area contributed by atoms with Gasteiger partial charge in [-0.25, -0.2) is 4.79 Å². The van der Waals surface area contributed by atoms with Crippen molar-refractivity contribution in [3.8, 4) is 11.1 Å². The van der Waals surface area contributed by atoms with Gasteiger partial charge in [0.05, 0.1) is 5.69 Å². The minimum atomic E-state index is -0.893. The second kappa shape index (κ2) is 7.05. The summed E-state index contributed by atoms with van der Waals surface area (Å²) in [7, 11) is 2.07. The van der Waals surface area contributed by atoms with E-state index >= 15 is 0 Å². The minimum absolute atomic E-state index is 0.284. The Morgan fingerprint density at radius 3 is 2.71 bits per heavy atom. The third-order valence-electron chi connectivity index (χ3n) is 4.82. The fourth-order valence-electron chi connectivity index (χ4n) is 3.47. The van der Waals surface area contributed by atoms with Gasteiger partial charge >= 0.3 is 6.09 Å². The van der Waals surface area contributed by atoms with Crippen LogP contribution in [0.5, 0.6) is 0 Å². The van der Waals surface area contributed by atoms with Crippen LogP contribution in [0, 0.1) is 6.92 Å². The van der Waals surface area contributed by atoms with Crippen molar-refractivity contribution in [1.82, 2.24) is 4.90 Å². The second-order valence-electron chi connectivity index (χ2n) is 6.56. The Balaban J connectivity index is 1.98. The van der Waals surface area contributed by atoms with Gasteiger partial charge in [0, 0.05) is 18.2 Å². The Labute approximate surface area is 143 Å². The van der Waals surface area contributed by atoms with Crippen molar-refractivity contribution in [3.63, 3.8) is 0 Å². The highest BCUT2D eigenvalue weighted by atomic mass is 16.4. The topological polar surface area (TPSA) is 43.8 Å². The first kappa shape index (κ1) is 16.5. The molecule has 1 saturated heterocycles. The van der Waals surface area contributed by atoms with E-state index in [1.165, 1.54) is 10.5 Å². The lowest BCUT2D eigenvalue weighted by molar-refractivity contribution is 0.198. The molecule has 0 unspecified atom stereocenters. The van der Waals surface area contributed by atoms with E-state index in [1.807, 2.05) is 36.4 Å². The minimum Gasteiger partial charge on any atom is -0.465 e. The molecule has 24 heavy (non-hydrogen) atoms. The van der Waals surface area contributed by atoms with Crippen LogP contribution in [0.1, 0.15) is 18.4 Å². The summed E-state index contributed by atoms with van der Waals surface area (Å²) in [6.45, 7) is 3.60. The number of likely N-dealkylation sites (N-methyl/N-ethyl adjacent to an activating group) is 1. The number of likely N-dealkylation sites (tertiary alicyclic amines) is 1. The molecule has 4 heteroatoms. The number of para-hydroxylation sites is 1. The van der Waals surface area contributed by atoms with Crippen LogP contribution in [0.2, 0.25) is 0 Å². The molecule has 1 amide bonds. The van der Waals surface area contributed by atoms with Gasteiger partial charge in [0.2, 0.25) is 0 Å². The highest BCUT2D eigenvalue weighted by molar-refractivity contribution is 5.93. The van der Waals surface area contributed by atoms with Gasteiger partial charge in [0.1, 0.15) is 0 Å². The molecule has 1 aliphatic rings. The lowest BCUT2D eigenvalue weighted by Gasteiger charge is -2.28. The van der Waals surface area contributed by atoms with Gasteiger partial charge < -0.3 is 10.0 Å². The summed E-state index contributed by atoms with van der Waals surface area (Å²) in [6, 6.07) is 16.2. The van der Waals surface area contributed by atoms with E-state index in [1.54, 1.807) is 0 Å². The summed E-state index contributed by atoms with van der Waals surface area (Å²) in [4.78, 5) is 15.7. The molecule has 1 aliphatic heterocycles. The summed E-state index contributed by atoms with van der Waals surface area (Å²) in [5.74, 6) is 0. The molecule has 0 saturated carbocycles. The number of hydrogen-bond donors (Lipinski definition) is 1. The predicted molar refractivity (Wildman–Crippen MR) is 97.6 cm³/mol. The normalized spacial score (nSPS) is 17.8. The Bertz CT molecular complexity index is 729. The van der Waals surface area contributed by atoms with Crippen molar-refractivity contribution in [2.45, 2.75) is 25.8 Å². The standard InChI is InChI=1S/C20H24N2O2/c1-15-7-5-8-16(13-15)18-10-3-4-11-19(18)22(20(23)24)14-17-9-6-12-21(17)2/h3-5,7-8,10-11,13,17H,6,9,12,14H2,1-2H3,(H,23,24)/t17-/m1/s1. The Hall–Kier alpha value is -2.33. The van der Waals surface area contributed by atoms with Crippen molar-refractivity contribution in [1.29, 1.82) is 0 Å². The smallest absolute Gasteiger partial charge is 0.411 e. The Morgan fingerprint density at radius 2 is 2.04 bits per heavy atom. The molecule has 3 rings (SSSR count). The summed E-state index contributed by atoms with van der Waals surface area (Å²) in [5.41, 5.74) is 3.94. The number of nitrogens with zero attached hydrogens (tertiary/aromatic N) is 2. The molecular formula is C20H24N2O2. The Morgan fingerprint density at radius 1 is 1.25 bits per heavy atom. The molecule has 2 aromatic rings. The van der Waals surface area contributed by atoms with E-state index < -0.39 is 6.09 Å². The quantitative estimate of drug-likeness (QED) is 0.915. The zero-order valence-electron chi connectivity index (χ0n) is 14.3. The molecule has 1 N–H and O–H groups in total. The van der Waals surface area contributed by atoms with Crippen LogP contribution in [0.25, 0.3) is 11.1 Å². The third-order valence-corrected chi connectivity index (χ3v) is 4.82. The average molecular weight is 324 g/mol. The third kappa shape index (κ3) is 3.44. The monoisotopic (exact) mass is 324 g/mol. The predicted octanol–water partition coefficient (Wildman–Crippen LogP) is 4.24. The first-order valence-corrected chi connectivity index (χ1v) is 8.43. The highest BCUT2D eigenvalue weighted by Crippen LogP contribution is 2.32. The fourth-order valence-corrected chi connectivity index (χ4v) is 3.47. The maximum atomic E-state index is 12.0. The van der Waals surface area contributed by atoms with Crippen molar-refractivity contribution in [3.05, 3.63) is 54.1 Å². The first-order valence-electron chi connectivity index (χ1n) is 8.43. The van der Waals surface area contributed by atoms with Crippen LogP contribution in [-0.4, -0.2) is 42.3 Å². The van der Waals surface area contributed by atoms with Gasteiger partial charge in [-0.1, -0.05) is 48.0 Å². The zero-order chi connectivity index (χ0) is 17.1. The molecule has 0 bridgehead atoms. The molecule has 1 heterocycles. The number of carboxylic acid groups (broad SMARTS) is 1. The number of hydrogen-bond acceptors (Lipinski definition) is 2. The number of rotatable bonds is 4. The Kier molecular flexibility index (Phi) is 4.86. The average Bonchev–Trinajstić information content (AvgIpc) is 2.97. The SMILES string of the molecule is Cc1cccc(-c2ccccc2N(C[C@H]2CCCN2C)C(=O)O)c1. The summed E-state index contributed by atoms with van der Waals surface area (Å²) < 4.78 is 0. The van der Waals surface area contributed by atoms with Gasteiger partial charge in [-0.2, -0.15) is 0 Å². The van der Waals surface area contributed by atoms with Crippen LogP contribution in [0.15, 0.2) is 48.5 Å². The van der Waals surface area contributed by atoms with E-state index in [0.717, 1.165) is 36.2 Å². The van der Waals surface area contributed by atoms with Crippen molar-refractivity contribution < 1.29 is 9.90 Å². The first-order chi connectivity index (χ1) is 11.6. The molecule has 126 valence electrons. The fraction of sp³-hybridized carbons (Fsp3) is 0.350. The number of carbonyl (C=O) groups is 1. The second-order valence-corrected chi connectivity index (χ2v) is 6.56. The zero-order valence-corrected chi connectivity index (χ0v) is 14.3. The number of aryl methyl sites for hydroxylation is 1. The van der Waals surface area contributed by atoms with Crippen LogP contribution in [0.3, 0.4) is 0 Å². The molecule has 1 atom stereocenters. The molecule has 1 fully saturated rings. The van der Waals surface area contributed by atoms with Crippen molar-refractivity contribution >= 4 is 11.8 Å². The van der Waals surface area contributed by atoms with Crippen molar-refractivity contribution in [2.75, 3.05) is 25.0 Å². The number of benzene rings is 2. The van der Waals surface area contributed by atoms with E-state index in [9.17, 15) is 9.90 Å². The number of amides is 1. The van der Waals surface area contributed by atoms with Crippen LogP contribution < -0.4 is 4.90 Å². The van der Waals surface area contributed by atoms with E-state index in [-0.39, 0.29) is 6.04 Å². The maximum absolute atomic E-state index is 12.0. The van der Waals surface area contributed by atoms with Gasteiger partial charge in [-0.15, -0.1) is 0 Å². The molecule has 2 aromatic carbocycles. The van der Waals surface area contributed by atoms with Gasteiger partial charge in [0.25, 0.3) is 0 Å². The molecule has 4 nitrogen and oxygen atoms in total.